The molecule has 1 fully saturated rings. The molecule has 2 nitrogen and oxygen atoms in total. The van der Waals surface area contributed by atoms with Crippen molar-refractivity contribution in [3.05, 3.63) is 0 Å². The Kier molecular flexibility index (Phi) is 4.26. The van der Waals surface area contributed by atoms with Gasteiger partial charge in [0.15, 0.2) is 0 Å². The smallest absolute Gasteiger partial charge is 0.0562 e. The first-order valence-corrected chi connectivity index (χ1v) is 5.36. The van der Waals surface area contributed by atoms with Crippen molar-refractivity contribution in [2.75, 3.05) is 32.0 Å². The number of aliphatic hydroxyl groups is 1. The molecule has 0 bridgehead atoms. The number of thioether (sulfide) groups is 1. The highest BCUT2D eigenvalue weighted by molar-refractivity contribution is 8.00. The van der Waals surface area contributed by atoms with E-state index < -0.39 is 0 Å². The SMILES string of the molecule is CCCN1CCS[C@H](CO)C1. The fraction of sp³-hybridized carbons (Fsp3) is 1.00. The highest BCUT2D eigenvalue weighted by Crippen LogP contribution is 2.17. The second kappa shape index (κ2) is 5.01. The highest BCUT2D eigenvalue weighted by Gasteiger charge is 2.18. The van der Waals surface area contributed by atoms with Gasteiger partial charge in [-0.2, -0.15) is 11.8 Å². The van der Waals surface area contributed by atoms with E-state index in [-0.39, 0.29) is 0 Å². The van der Waals surface area contributed by atoms with Crippen LogP contribution in [0.15, 0.2) is 0 Å². The summed E-state index contributed by atoms with van der Waals surface area (Å²) in [5, 5.41) is 9.40. The second-order valence-electron chi connectivity index (χ2n) is 2.98. The van der Waals surface area contributed by atoms with Crippen LogP contribution in [0.1, 0.15) is 13.3 Å². The second-order valence-corrected chi connectivity index (χ2v) is 4.38. The van der Waals surface area contributed by atoms with Crippen LogP contribution in [0.2, 0.25) is 0 Å². The maximum atomic E-state index is 8.93. The van der Waals surface area contributed by atoms with Crippen LogP contribution in [-0.4, -0.2) is 47.3 Å². The molecule has 11 heavy (non-hydrogen) atoms. The molecule has 0 amide bonds. The zero-order chi connectivity index (χ0) is 8.10. The summed E-state index contributed by atoms with van der Waals surface area (Å²) in [5.41, 5.74) is 0. The molecule has 1 atom stereocenters. The third-order valence-electron chi connectivity index (χ3n) is 1.97. The molecule has 1 saturated heterocycles. The van der Waals surface area contributed by atoms with Crippen LogP contribution in [0, 0.1) is 0 Å². The van der Waals surface area contributed by atoms with Gasteiger partial charge in [0.1, 0.15) is 0 Å². The van der Waals surface area contributed by atoms with Crippen LogP contribution in [0.3, 0.4) is 0 Å². The van der Waals surface area contributed by atoms with Crippen LogP contribution in [0.25, 0.3) is 0 Å². The Hall–Kier alpha value is 0.270. The lowest BCUT2D eigenvalue weighted by atomic mass is 10.3. The number of nitrogens with zero attached hydrogens (tertiary/aromatic N) is 1. The first kappa shape index (κ1) is 9.36. The fourth-order valence-electron chi connectivity index (χ4n) is 1.41. The van der Waals surface area contributed by atoms with Crippen LogP contribution in [0.4, 0.5) is 0 Å². The minimum Gasteiger partial charge on any atom is -0.395 e. The molecule has 66 valence electrons. The van der Waals surface area contributed by atoms with Gasteiger partial charge in [-0.15, -0.1) is 0 Å². The van der Waals surface area contributed by atoms with Gasteiger partial charge in [-0.05, 0) is 13.0 Å². The van der Waals surface area contributed by atoms with Gasteiger partial charge in [0.2, 0.25) is 0 Å². The molecule has 0 aromatic rings. The molecule has 0 saturated carbocycles. The number of hydrogen-bond donors (Lipinski definition) is 1. The maximum absolute atomic E-state index is 8.93. The summed E-state index contributed by atoms with van der Waals surface area (Å²) >= 11 is 1.90. The summed E-state index contributed by atoms with van der Waals surface area (Å²) in [4.78, 5) is 2.44. The monoisotopic (exact) mass is 175 g/mol. The predicted molar refractivity (Wildman–Crippen MR) is 50.1 cm³/mol. The first-order valence-electron chi connectivity index (χ1n) is 4.31. The van der Waals surface area contributed by atoms with Gasteiger partial charge in [-0.3, -0.25) is 0 Å². The minimum atomic E-state index is 0.338. The van der Waals surface area contributed by atoms with Gasteiger partial charge in [0.05, 0.1) is 6.61 Å². The lowest BCUT2D eigenvalue weighted by Crippen LogP contribution is -2.39. The Morgan fingerprint density at radius 2 is 2.45 bits per heavy atom. The Morgan fingerprint density at radius 3 is 3.09 bits per heavy atom. The molecule has 0 spiro atoms. The first-order chi connectivity index (χ1) is 5.36. The summed E-state index contributed by atoms with van der Waals surface area (Å²) in [5.74, 6) is 1.19. The van der Waals surface area contributed by atoms with E-state index in [1.807, 2.05) is 11.8 Å². The summed E-state index contributed by atoms with van der Waals surface area (Å²) < 4.78 is 0. The quantitative estimate of drug-likeness (QED) is 0.686. The number of aliphatic hydroxyl groups excluding tert-OH is 1. The highest BCUT2D eigenvalue weighted by atomic mass is 32.2. The van der Waals surface area contributed by atoms with Crippen molar-refractivity contribution in [2.45, 2.75) is 18.6 Å². The van der Waals surface area contributed by atoms with Gasteiger partial charge in [0.25, 0.3) is 0 Å². The molecule has 1 heterocycles. The number of rotatable bonds is 3. The zero-order valence-electron chi connectivity index (χ0n) is 7.12. The number of hydrogen-bond acceptors (Lipinski definition) is 3. The standard InChI is InChI=1S/C8H17NOS/c1-2-3-9-4-5-11-8(6-9)7-10/h8,10H,2-7H2,1H3/t8-/m0/s1. The van der Waals surface area contributed by atoms with Crippen LogP contribution < -0.4 is 0 Å². The van der Waals surface area contributed by atoms with Gasteiger partial charge in [-0.1, -0.05) is 6.92 Å². The molecule has 1 aliphatic heterocycles. The van der Waals surface area contributed by atoms with Crippen LogP contribution in [0.5, 0.6) is 0 Å². The molecule has 0 radical (unpaired) electrons. The van der Waals surface area contributed by atoms with Crippen molar-refractivity contribution < 1.29 is 5.11 Å². The van der Waals surface area contributed by atoms with Crippen molar-refractivity contribution in [3.63, 3.8) is 0 Å². The van der Waals surface area contributed by atoms with E-state index in [1.165, 1.54) is 25.3 Å². The summed E-state index contributed by atoms with van der Waals surface area (Å²) in [7, 11) is 0. The Labute approximate surface area is 73.0 Å². The predicted octanol–water partition coefficient (Wildman–Crippen LogP) is 0.806. The summed E-state index contributed by atoms with van der Waals surface area (Å²) in [6.45, 7) is 6.02. The zero-order valence-corrected chi connectivity index (χ0v) is 7.94. The average Bonchev–Trinajstić information content (AvgIpc) is 2.06. The maximum Gasteiger partial charge on any atom is 0.0562 e. The molecule has 1 rings (SSSR count). The average molecular weight is 175 g/mol. The van der Waals surface area contributed by atoms with E-state index >= 15 is 0 Å². The fourth-order valence-corrected chi connectivity index (χ4v) is 2.53. The molecule has 0 unspecified atom stereocenters. The largest absolute Gasteiger partial charge is 0.395 e. The molecule has 0 aromatic heterocycles. The Morgan fingerprint density at radius 1 is 1.64 bits per heavy atom. The Balaban J connectivity index is 2.21. The van der Waals surface area contributed by atoms with E-state index in [9.17, 15) is 0 Å². The third-order valence-corrected chi connectivity index (χ3v) is 3.15. The van der Waals surface area contributed by atoms with Crippen molar-refractivity contribution in [3.8, 4) is 0 Å². The molecule has 3 heteroatoms. The van der Waals surface area contributed by atoms with Crippen molar-refractivity contribution in [1.29, 1.82) is 0 Å². The third kappa shape index (κ3) is 3.01. The van der Waals surface area contributed by atoms with E-state index in [1.54, 1.807) is 0 Å². The lowest BCUT2D eigenvalue weighted by Gasteiger charge is -2.30. The van der Waals surface area contributed by atoms with Gasteiger partial charge in [-0.25, -0.2) is 0 Å². The molecule has 0 aliphatic carbocycles. The molecule has 1 N–H and O–H groups in total. The van der Waals surface area contributed by atoms with Crippen molar-refractivity contribution in [2.24, 2.45) is 0 Å². The van der Waals surface area contributed by atoms with Crippen LogP contribution in [-0.2, 0) is 0 Å². The molecular weight excluding hydrogens is 158 g/mol. The van der Waals surface area contributed by atoms with E-state index in [4.69, 9.17) is 5.11 Å². The molecular formula is C8H17NOS. The van der Waals surface area contributed by atoms with Crippen LogP contribution >= 0.6 is 11.8 Å². The Bertz CT molecular complexity index is 108. The van der Waals surface area contributed by atoms with Crippen molar-refractivity contribution >= 4 is 11.8 Å². The normalized spacial score (nSPS) is 27.3. The van der Waals surface area contributed by atoms with Gasteiger partial charge >= 0.3 is 0 Å². The molecule has 1 aliphatic rings. The summed E-state index contributed by atoms with van der Waals surface area (Å²) in [6.07, 6.45) is 1.23. The van der Waals surface area contributed by atoms with E-state index in [0.717, 1.165) is 6.54 Å². The minimum absolute atomic E-state index is 0.338. The van der Waals surface area contributed by atoms with E-state index in [0.29, 0.717) is 11.9 Å². The molecule has 0 aromatic carbocycles. The topological polar surface area (TPSA) is 23.5 Å². The lowest BCUT2D eigenvalue weighted by molar-refractivity contribution is 0.230. The summed E-state index contributed by atoms with van der Waals surface area (Å²) in [6, 6.07) is 0. The van der Waals surface area contributed by atoms with E-state index in [2.05, 4.69) is 11.8 Å². The van der Waals surface area contributed by atoms with Gasteiger partial charge in [0, 0.05) is 24.1 Å². The van der Waals surface area contributed by atoms with Gasteiger partial charge < -0.3 is 10.0 Å². The van der Waals surface area contributed by atoms with Crippen molar-refractivity contribution in [1.82, 2.24) is 4.90 Å².